The molecule has 0 atom stereocenters. The second kappa shape index (κ2) is 12.9. The molecule has 0 unspecified atom stereocenters. The summed E-state index contributed by atoms with van der Waals surface area (Å²) in [5.41, 5.74) is 16.6. The van der Waals surface area contributed by atoms with Gasteiger partial charge in [-0.3, -0.25) is 0 Å². The largest absolute Gasteiger partial charge is 0.462 e. The van der Waals surface area contributed by atoms with Gasteiger partial charge in [-0.1, -0.05) is 0 Å². The summed E-state index contributed by atoms with van der Waals surface area (Å²) in [6.45, 7) is 8.14. The van der Waals surface area contributed by atoms with Gasteiger partial charge in [-0.2, -0.15) is 19.9 Å². The number of piperidine rings is 2. The summed E-state index contributed by atoms with van der Waals surface area (Å²) in [5, 5.41) is 8.03. The number of hydrogen-bond acceptors (Lipinski definition) is 14. The molecule has 2 saturated heterocycles. The van der Waals surface area contributed by atoms with E-state index in [-0.39, 0.29) is 24.0 Å². The molecule has 0 radical (unpaired) electrons. The van der Waals surface area contributed by atoms with Crippen molar-refractivity contribution in [2.75, 3.05) is 69.0 Å². The van der Waals surface area contributed by atoms with Gasteiger partial charge in [0.1, 0.15) is 11.6 Å². The molecular formula is C31H42N12O2. The highest BCUT2D eigenvalue weighted by Gasteiger charge is 2.21. The number of nitrogens with two attached hydrogens (primary N) is 2. The number of esters is 1. The Kier molecular flexibility index (Phi) is 8.76. The predicted octanol–water partition coefficient (Wildman–Crippen LogP) is 2.56. The predicted molar refractivity (Wildman–Crippen MR) is 175 cm³/mol. The highest BCUT2D eigenvalue weighted by atomic mass is 16.5. The van der Waals surface area contributed by atoms with Gasteiger partial charge in [0.2, 0.25) is 11.9 Å². The standard InChI is InChI=1S/C31H42N12O2/c1-17-22(18(2)35-28-24(17)26(33)39-31(41-28)37-21-7-12-43(4)13-8-21)9-14-45-29(44)19-15-23-25(32)38-30(40-27(23)34-16-19)36-20-5-10-42(3)11-6-20/h15-16,20-21H,5-14H2,1-4H3,(H3,32,34,36,38,40)(H3,33,35,37,39,41). The van der Waals surface area contributed by atoms with E-state index in [4.69, 9.17) is 21.2 Å². The number of nitrogens with zero attached hydrogens (tertiary/aromatic N) is 8. The third kappa shape index (κ3) is 6.81. The number of anilines is 4. The number of ether oxygens (including phenoxy) is 1. The van der Waals surface area contributed by atoms with Gasteiger partial charge in [-0.05, 0) is 97.0 Å². The molecule has 0 aliphatic carbocycles. The van der Waals surface area contributed by atoms with Crippen LogP contribution in [0.25, 0.3) is 22.1 Å². The normalized spacial score (nSPS) is 17.2. The Morgan fingerprint density at radius 1 is 0.867 bits per heavy atom. The lowest BCUT2D eigenvalue weighted by Gasteiger charge is -2.29. The van der Waals surface area contributed by atoms with E-state index in [2.05, 4.69) is 59.4 Å². The van der Waals surface area contributed by atoms with E-state index < -0.39 is 5.97 Å². The van der Waals surface area contributed by atoms with Crippen molar-refractivity contribution in [2.45, 2.75) is 58.0 Å². The number of nitrogens with one attached hydrogen (secondary N) is 2. The monoisotopic (exact) mass is 614 g/mol. The first-order valence-electron chi connectivity index (χ1n) is 15.6. The second-order valence-corrected chi connectivity index (χ2v) is 12.3. The van der Waals surface area contributed by atoms with E-state index in [1.807, 2.05) is 13.8 Å². The minimum Gasteiger partial charge on any atom is -0.462 e. The van der Waals surface area contributed by atoms with Crippen molar-refractivity contribution in [1.82, 2.24) is 39.7 Å². The van der Waals surface area contributed by atoms with Gasteiger partial charge in [-0.15, -0.1) is 0 Å². The van der Waals surface area contributed by atoms with Crippen LogP contribution in [0, 0.1) is 13.8 Å². The number of nitrogen functional groups attached to an aromatic ring is 2. The van der Waals surface area contributed by atoms with Crippen molar-refractivity contribution in [2.24, 2.45) is 0 Å². The summed E-state index contributed by atoms with van der Waals surface area (Å²) >= 11 is 0. The molecular weight excluding hydrogens is 572 g/mol. The summed E-state index contributed by atoms with van der Waals surface area (Å²) in [6, 6.07) is 2.21. The maximum absolute atomic E-state index is 13.0. The first kappa shape index (κ1) is 30.6. The van der Waals surface area contributed by atoms with Gasteiger partial charge in [0, 0.05) is 30.4 Å². The summed E-state index contributed by atoms with van der Waals surface area (Å²) < 4.78 is 5.64. The van der Waals surface area contributed by atoms with Crippen molar-refractivity contribution < 1.29 is 9.53 Å². The van der Waals surface area contributed by atoms with E-state index in [0.717, 1.165) is 74.1 Å². The molecule has 238 valence electrons. The van der Waals surface area contributed by atoms with Crippen molar-refractivity contribution >= 4 is 51.6 Å². The summed E-state index contributed by atoms with van der Waals surface area (Å²) in [4.78, 5) is 44.9. The van der Waals surface area contributed by atoms with E-state index in [0.29, 0.717) is 46.9 Å². The maximum Gasteiger partial charge on any atom is 0.339 e. The molecule has 14 heteroatoms. The Bertz CT molecular complexity index is 1710. The van der Waals surface area contributed by atoms with E-state index in [1.165, 1.54) is 6.20 Å². The second-order valence-electron chi connectivity index (χ2n) is 12.3. The van der Waals surface area contributed by atoms with Crippen LogP contribution in [-0.4, -0.2) is 105 Å². The fraction of sp³-hybridized carbons (Fsp3) is 0.516. The molecule has 14 nitrogen and oxygen atoms in total. The van der Waals surface area contributed by atoms with E-state index >= 15 is 0 Å². The number of carbonyl (C=O) groups excluding carboxylic acids is 1. The average molecular weight is 615 g/mol. The smallest absolute Gasteiger partial charge is 0.339 e. The highest BCUT2D eigenvalue weighted by Crippen LogP contribution is 2.28. The topological polar surface area (TPSA) is 186 Å². The fourth-order valence-corrected chi connectivity index (χ4v) is 6.20. The molecule has 0 amide bonds. The number of pyridine rings is 2. The Balaban J connectivity index is 1.10. The number of likely N-dealkylation sites (tertiary alicyclic amines) is 2. The fourth-order valence-electron chi connectivity index (χ4n) is 6.20. The van der Waals surface area contributed by atoms with Crippen molar-refractivity contribution in [3.05, 3.63) is 34.6 Å². The molecule has 0 spiro atoms. The molecule has 2 fully saturated rings. The minimum atomic E-state index is -0.506. The molecule has 6 rings (SSSR count). The van der Waals surface area contributed by atoms with Crippen LogP contribution in [0.15, 0.2) is 12.3 Å². The Morgan fingerprint density at radius 3 is 2.07 bits per heavy atom. The van der Waals surface area contributed by atoms with Gasteiger partial charge in [-0.25, -0.2) is 14.8 Å². The zero-order valence-electron chi connectivity index (χ0n) is 26.4. The van der Waals surface area contributed by atoms with Crippen molar-refractivity contribution in [1.29, 1.82) is 0 Å². The van der Waals surface area contributed by atoms with Gasteiger partial charge in [0.05, 0.1) is 22.9 Å². The molecule has 6 N–H and O–H groups in total. The minimum absolute atomic E-state index is 0.147. The van der Waals surface area contributed by atoms with Crippen LogP contribution in [0.4, 0.5) is 23.5 Å². The number of carbonyl (C=O) groups is 1. The molecule has 2 aliphatic heterocycles. The van der Waals surface area contributed by atoms with E-state index in [9.17, 15) is 4.79 Å². The Hall–Kier alpha value is -4.43. The number of aryl methyl sites for hydroxylation is 2. The van der Waals surface area contributed by atoms with Gasteiger partial charge in [0.15, 0.2) is 11.3 Å². The molecule has 0 saturated carbocycles. The molecule has 4 aromatic heterocycles. The third-order valence-corrected chi connectivity index (χ3v) is 8.96. The highest BCUT2D eigenvalue weighted by molar-refractivity contribution is 5.96. The summed E-state index contributed by atoms with van der Waals surface area (Å²) in [6.07, 6.45) is 5.97. The molecule has 2 aliphatic rings. The van der Waals surface area contributed by atoms with E-state index in [1.54, 1.807) is 6.07 Å². The summed E-state index contributed by atoms with van der Waals surface area (Å²) in [5.74, 6) is 1.08. The van der Waals surface area contributed by atoms with Gasteiger partial charge < -0.3 is 36.6 Å². The maximum atomic E-state index is 13.0. The van der Waals surface area contributed by atoms with Crippen LogP contribution >= 0.6 is 0 Å². The van der Waals surface area contributed by atoms with Gasteiger partial charge in [0.25, 0.3) is 0 Å². The zero-order valence-corrected chi connectivity index (χ0v) is 26.4. The van der Waals surface area contributed by atoms with Crippen LogP contribution in [0.2, 0.25) is 0 Å². The molecule has 0 bridgehead atoms. The Labute approximate surface area is 262 Å². The number of fused-ring (bicyclic) bond motifs is 2. The SMILES string of the molecule is Cc1nc2nc(NC3CCN(C)CC3)nc(N)c2c(C)c1CCOC(=O)c1cnc2nc(NC3CCN(C)CC3)nc(N)c2c1. The lowest BCUT2D eigenvalue weighted by atomic mass is 10.0. The number of hydrogen-bond donors (Lipinski definition) is 4. The van der Waals surface area contributed by atoms with Crippen LogP contribution < -0.4 is 22.1 Å². The lowest BCUT2D eigenvalue weighted by Crippen LogP contribution is -2.37. The van der Waals surface area contributed by atoms with Crippen LogP contribution in [-0.2, 0) is 11.2 Å². The first-order chi connectivity index (χ1) is 21.6. The third-order valence-electron chi connectivity index (χ3n) is 8.96. The number of aromatic nitrogens is 6. The van der Waals surface area contributed by atoms with Crippen LogP contribution in [0.3, 0.4) is 0 Å². The number of rotatable bonds is 8. The quantitative estimate of drug-likeness (QED) is 0.212. The molecule has 45 heavy (non-hydrogen) atoms. The van der Waals surface area contributed by atoms with Gasteiger partial charge >= 0.3 is 5.97 Å². The van der Waals surface area contributed by atoms with Crippen LogP contribution in [0.5, 0.6) is 0 Å². The Morgan fingerprint density at radius 2 is 1.44 bits per heavy atom. The molecule has 0 aromatic carbocycles. The molecule has 4 aromatic rings. The van der Waals surface area contributed by atoms with Crippen molar-refractivity contribution in [3.63, 3.8) is 0 Å². The first-order valence-corrected chi connectivity index (χ1v) is 15.6. The average Bonchev–Trinajstić information content (AvgIpc) is 3.00. The van der Waals surface area contributed by atoms with Crippen molar-refractivity contribution in [3.8, 4) is 0 Å². The van der Waals surface area contributed by atoms with Crippen LogP contribution in [0.1, 0.15) is 52.9 Å². The zero-order chi connectivity index (χ0) is 31.7. The molecule has 6 heterocycles. The summed E-state index contributed by atoms with van der Waals surface area (Å²) in [7, 11) is 4.25. The lowest BCUT2D eigenvalue weighted by molar-refractivity contribution is 0.0508.